The number of halogens is 1. The molecule has 0 aliphatic carbocycles. The average Bonchev–Trinajstić information content (AvgIpc) is 3.12. The number of ether oxygens (including phenoxy) is 1. The van der Waals surface area contributed by atoms with Crippen molar-refractivity contribution in [1.82, 2.24) is 4.98 Å². The van der Waals surface area contributed by atoms with Crippen molar-refractivity contribution in [3.63, 3.8) is 0 Å². The number of hydrogen-bond donors (Lipinski definition) is 1. The third-order valence-corrected chi connectivity index (χ3v) is 5.29. The van der Waals surface area contributed by atoms with Gasteiger partial charge in [0.05, 0.1) is 0 Å². The third kappa shape index (κ3) is 4.63. The maximum atomic E-state index is 12.3. The van der Waals surface area contributed by atoms with Gasteiger partial charge in [-0.3, -0.25) is 4.79 Å². The number of carbonyl (C=O) groups is 1. The molecule has 0 aliphatic heterocycles. The first-order chi connectivity index (χ1) is 14.5. The minimum absolute atomic E-state index is 0.101. The van der Waals surface area contributed by atoms with Crippen LogP contribution in [0.3, 0.4) is 0 Å². The highest BCUT2D eigenvalue weighted by Gasteiger charge is 2.10. The summed E-state index contributed by atoms with van der Waals surface area (Å²) >= 11 is 6.17. The molecule has 0 aliphatic rings. The minimum Gasteiger partial charge on any atom is -0.484 e. The number of aromatic nitrogens is 1. The van der Waals surface area contributed by atoms with Gasteiger partial charge < -0.3 is 14.5 Å². The van der Waals surface area contributed by atoms with Gasteiger partial charge in [-0.05, 0) is 60.9 Å². The Balaban J connectivity index is 1.40. The summed E-state index contributed by atoms with van der Waals surface area (Å²) in [6, 6.07) is 19.0. The Morgan fingerprint density at radius 2 is 1.80 bits per heavy atom. The van der Waals surface area contributed by atoms with Gasteiger partial charge in [0.2, 0.25) is 0 Å². The van der Waals surface area contributed by atoms with E-state index in [1.165, 1.54) is 0 Å². The fourth-order valence-corrected chi connectivity index (χ4v) is 3.34. The second-order valence-corrected chi connectivity index (χ2v) is 7.54. The van der Waals surface area contributed by atoms with E-state index in [2.05, 4.69) is 10.3 Å². The van der Waals surface area contributed by atoms with Crippen LogP contribution >= 0.6 is 11.6 Å². The van der Waals surface area contributed by atoms with Crippen LogP contribution in [0.2, 0.25) is 5.02 Å². The summed E-state index contributed by atoms with van der Waals surface area (Å²) < 4.78 is 11.4. The van der Waals surface area contributed by atoms with Gasteiger partial charge in [-0.25, -0.2) is 4.98 Å². The number of nitrogens with one attached hydrogen (secondary N) is 1. The van der Waals surface area contributed by atoms with Crippen LogP contribution in [0.5, 0.6) is 5.75 Å². The first-order valence-corrected chi connectivity index (χ1v) is 9.98. The van der Waals surface area contributed by atoms with Crippen molar-refractivity contribution in [2.24, 2.45) is 0 Å². The van der Waals surface area contributed by atoms with E-state index in [1.54, 1.807) is 18.2 Å². The second kappa shape index (κ2) is 8.59. The van der Waals surface area contributed by atoms with Crippen LogP contribution in [0.1, 0.15) is 22.6 Å². The molecule has 0 radical (unpaired) electrons. The Labute approximate surface area is 179 Å². The molecule has 0 bridgehead atoms. The normalized spacial score (nSPS) is 10.9. The summed E-state index contributed by atoms with van der Waals surface area (Å²) in [4.78, 5) is 16.8. The molecule has 1 amide bonds. The van der Waals surface area contributed by atoms with Crippen molar-refractivity contribution >= 4 is 34.3 Å². The van der Waals surface area contributed by atoms with Crippen LogP contribution in [0, 0.1) is 13.8 Å². The quantitative estimate of drug-likeness (QED) is 0.434. The van der Waals surface area contributed by atoms with Gasteiger partial charge in [0.25, 0.3) is 5.91 Å². The number of benzene rings is 3. The zero-order chi connectivity index (χ0) is 21.1. The highest BCUT2D eigenvalue weighted by atomic mass is 35.5. The molecule has 0 atom stereocenters. The molecule has 0 spiro atoms. The zero-order valence-corrected chi connectivity index (χ0v) is 17.5. The first kappa shape index (κ1) is 20.0. The number of hydrogen-bond acceptors (Lipinski definition) is 4. The molecule has 152 valence electrons. The van der Waals surface area contributed by atoms with E-state index in [4.69, 9.17) is 20.8 Å². The molecule has 3 aromatic carbocycles. The smallest absolute Gasteiger partial charge is 0.262 e. The van der Waals surface area contributed by atoms with Crippen LogP contribution in [0.25, 0.3) is 11.1 Å². The van der Waals surface area contributed by atoms with Gasteiger partial charge in [-0.15, -0.1) is 0 Å². The Morgan fingerprint density at radius 1 is 1.07 bits per heavy atom. The lowest BCUT2D eigenvalue weighted by atomic mass is 10.1. The van der Waals surface area contributed by atoms with Gasteiger partial charge in [0, 0.05) is 17.1 Å². The van der Waals surface area contributed by atoms with Gasteiger partial charge in [0.1, 0.15) is 11.3 Å². The molecule has 1 aromatic heterocycles. The van der Waals surface area contributed by atoms with Crippen molar-refractivity contribution in [1.29, 1.82) is 0 Å². The largest absolute Gasteiger partial charge is 0.484 e. The molecular weight excluding hydrogens is 400 g/mol. The molecule has 6 heteroatoms. The molecule has 4 aromatic rings. The highest BCUT2D eigenvalue weighted by molar-refractivity contribution is 6.32. The van der Waals surface area contributed by atoms with E-state index in [0.717, 1.165) is 16.7 Å². The maximum Gasteiger partial charge on any atom is 0.262 e. The number of nitrogens with zero attached hydrogens (tertiary/aromatic N) is 1. The number of carbonyl (C=O) groups excluding carboxylic acids is 1. The zero-order valence-electron chi connectivity index (χ0n) is 16.7. The highest BCUT2D eigenvalue weighted by Crippen LogP contribution is 2.26. The number of amides is 1. The number of rotatable bonds is 6. The van der Waals surface area contributed by atoms with E-state index < -0.39 is 0 Å². The molecule has 5 nitrogen and oxygen atoms in total. The predicted molar refractivity (Wildman–Crippen MR) is 118 cm³/mol. The molecule has 30 heavy (non-hydrogen) atoms. The van der Waals surface area contributed by atoms with Crippen molar-refractivity contribution < 1.29 is 13.9 Å². The summed E-state index contributed by atoms with van der Waals surface area (Å²) in [6.45, 7) is 3.71. The summed E-state index contributed by atoms with van der Waals surface area (Å²) in [7, 11) is 0. The molecular formula is C24H21ClN2O3. The average molecular weight is 421 g/mol. The summed E-state index contributed by atoms with van der Waals surface area (Å²) in [5.74, 6) is 0.992. The molecule has 0 fully saturated rings. The monoisotopic (exact) mass is 420 g/mol. The standard InChI is InChI=1S/C24H21ClN2O3/c1-15-10-19(11-16(2)24(15)25)29-14-22(28)26-18-8-9-21-20(13-18)27-23(30-21)12-17-6-4-3-5-7-17/h3-11,13H,12,14H2,1-2H3,(H,26,28). The lowest BCUT2D eigenvalue weighted by Gasteiger charge is -2.10. The molecule has 4 rings (SSSR count). The van der Waals surface area contributed by atoms with Crippen LogP contribution in [0.15, 0.2) is 65.1 Å². The van der Waals surface area contributed by atoms with Crippen molar-refractivity contribution in [3.05, 3.63) is 88.3 Å². The lowest BCUT2D eigenvalue weighted by molar-refractivity contribution is -0.118. The molecule has 0 saturated heterocycles. The predicted octanol–water partition coefficient (Wildman–Crippen LogP) is 5.71. The third-order valence-electron chi connectivity index (χ3n) is 4.69. The summed E-state index contributed by atoms with van der Waals surface area (Å²) in [5, 5.41) is 3.54. The van der Waals surface area contributed by atoms with Crippen LogP contribution in [-0.2, 0) is 11.2 Å². The summed E-state index contributed by atoms with van der Waals surface area (Å²) in [5.41, 5.74) is 4.97. The van der Waals surface area contributed by atoms with Crippen molar-refractivity contribution in [2.75, 3.05) is 11.9 Å². The van der Waals surface area contributed by atoms with Gasteiger partial charge in [0.15, 0.2) is 18.1 Å². The lowest BCUT2D eigenvalue weighted by Crippen LogP contribution is -2.20. The van der Waals surface area contributed by atoms with E-state index >= 15 is 0 Å². The Kier molecular flexibility index (Phi) is 5.72. The molecule has 1 N–H and O–H groups in total. The Bertz CT molecular complexity index is 1180. The fraction of sp³-hybridized carbons (Fsp3) is 0.167. The van der Waals surface area contributed by atoms with E-state index in [1.807, 2.05) is 56.3 Å². The number of fused-ring (bicyclic) bond motifs is 1. The molecule has 0 unspecified atom stereocenters. The van der Waals surface area contributed by atoms with Crippen LogP contribution < -0.4 is 10.1 Å². The van der Waals surface area contributed by atoms with E-state index in [0.29, 0.717) is 39.9 Å². The number of anilines is 1. The second-order valence-electron chi connectivity index (χ2n) is 7.16. The first-order valence-electron chi connectivity index (χ1n) is 9.61. The Morgan fingerprint density at radius 3 is 2.53 bits per heavy atom. The van der Waals surface area contributed by atoms with Crippen LogP contribution in [0.4, 0.5) is 5.69 Å². The Hall–Kier alpha value is -3.31. The SMILES string of the molecule is Cc1cc(OCC(=O)Nc2ccc3oc(Cc4ccccc4)nc3c2)cc(C)c1Cl. The van der Waals surface area contributed by atoms with E-state index in [-0.39, 0.29) is 12.5 Å². The van der Waals surface area contributed by atoms with Crippen molar-refractivity contribution in [3.8, 4) is 5.75 Å². The minimum atomic E-state index is -0.257. The van der Waals surface area contributed by atoms with Gasteiger partial charge in [-0.1, -0.05) is 41.9 Å². The van der Waals surface area contributed by atoms with Gasteiger partial charge >= 0.3 is 0 Å². The van der Waals surface area contributed by atoms with Crippen LogP contribution in [-0.4, -0.2) is 17.5 Å². The topological polar surface area (TPSA) is 64.4 Å². The number of oxazole rings is 1. The van der Waals surface area contributed by atoms with E-state index in [9.17, 15) is 4.79 Å². The maximum absolute atomic E-state index is 12.3. The number of aryl methyl sites for hydroxylation is 2. The fourth-order valence-electron chi connectivity index (χ4n) is 3.23. The molecule has 0 saturated carbocycles. The van der Waals surface area contributed by atoms with Crippen molar-refractivity contribution in [2.45, 2.75) is 20.3 Å². The summed E-state index contributed by atoms with van der Waals surface area (Å²) in [6.07, 6.45) is 0.616. The van der Waals surface area contributed by atoms with Gasteiger partial charge in [-0.2, -0.15) is 0 Å². The molecule has 1 heterocycles.